The van der Waals surface area contributed by atoms with Crippen LogP contribution in [0.25, 0.3) is 10.9 Å². The fourth-order valence-electron chi connectivity index (χ4n) is 2.79. The Labute approximate surface area is 125 Å². The van der Waals surface area contributed by atoms with Gasteiger partial charge in [-0.15, -0.1) is 0 Å². The third kappa shape index (κ3) is 2.69. The summed E-state index contributed by atoms with van der Waals surface area (Å²) >= 11 is 0. The van der Waals surface area contributed by atoms with Crippen molar-refractivity contribution in [3.63, 3.8) is 0 Å². The van der Waals surface area contributed by atoms with Crippen LogP contribution in [0.3, 0.4) is 0 Å². The molecule has 108 valence electrons. The lowest BCUT2D eigenvalue weighted by Gasteiger charge is -2.14. The highest BCUT2D eigenvalue weighted by Gasteiger charge is 2.17. The Bertz CT molecular complexity index is 741. The van der Waals surface area contributed by atoms with Gasteiger partial charge in [0, 0.05) is 12.4 Å². The van der Waals surface area contributed by atoms with E-state index in [1.54, 1.807) is 0 Å². The number of para-hydroxylation sites is 1. The Morgan fingerprint density at radius 1 is 1.10 bits per heavy atom. The van der Waals surface area contributed by atoms with Gasteiger partial charge in [-0.05, 0) is 32.0 Å². The van der Waals surface area contributed by atoms with Gasteiger partial charge in [0.15, 0.2) is 0 Å². The van der Waals surface area contributed by atoms with Crippen LogP contribution < -0.4 is 5.32 Å². The zero-order valence-electron chi connectivity index (χ0n) is 12.8. The van der Waals surface area contributed by atoms with E-state index in [0.29, 0.717) is 0 Å². The Morgan fingerprint density at radius 2 is 1.81 bits per heavy atom. The van der Waals surface area contributed by atoms with Gasteiger partial charge in [-0.3, -0.25) is 4.68 Å². The fourth-order valence-corrected chi connectivity index (χ4v) is 2.79. The van der Waals surface area contributed by atoms with E-state index >= 15 is 0 Å². The summed E-state index contributed by atoms with van der Waals surface area (Å²) in [5.41, 5.74) is 4.92. The van der Waals surface area contributed by atoms with Crippen molar-refractivity contribution in [1.29, 1.82) is 0 Å². The molecule has 1 heterocycles. The third-order valence-electron chi connectivity index (χ3n) is 4.03. The van der Waals surface area contributed by atoms with Gasteiger partial charge in [0.2, 0.25) is 0 Å². The number of fused-ring (bicyclic) bond motifs is 1. The molecule has 0 aliphatic rings. The van der Waals surface area contributed by atoms with Crippen molar-refractivity contribution in [3.05, 3.63) is 65.4 Å². The van der Waals surface area contributed by atoms with Crippen molar-refractivity contribution in [2.45, 2.75) is 19.4 Å². The predicted octanol–water partition coefficient (Wildman–Crippen LogP) is 3.38. The van der Waals surface area contributed by atoms with Gasteiger partial charge in [0.05, 0.1) is 17.3 Å². The number of aromatic nitrogens is 2. The minimum atomic E-state index is 0.221. The van der Waals surface area contributed by atoms with Gasteiger partial charge in [-0.25, -0.2) is 0 Å². The number of hydrogen-bond acceptors (Lipinski definition) is 2. The highest BCUT2D eigenvalue weighted by molar-refractivity contribution is 5.82. The molecule has 0 radical (unpaired) electrons. The molecule has 2 aromatic carbocycles. The van der Waals surface area contributed by atoms with Crippen LogP contribution in [0, 0.1) is 6.92 Å². The van der Waals surface area contributed by atoms with E-state index in [-0.39, 0.29) is 6.04 Å². The molecule has 0 aliphatic heterocycles. The molecule has 3 heteroatoms. The van der Waals surface area contributed by atoms with Crippen LogP contribution in [-0.4, -0.2) is 16.8 Å². The lowest BCUT2D eigenvalue weighted by atomic mass is 10.0. The zero-order chi connectivity index (χ0) is 14.8. The number of aryl methyl sites for hydroxylation is 2. The van der Waals surface area contributed by atoms with Crippen molar-refractivity contribution < 1.29 is 0 Å². The molecule has 0 aliphatic carbocycles. The summed E-state index contributed by atoms with van der Waals surface area (Å²) in [5, 5.41) is 9.37. The van der Waals surface area contributed by atoms with E-state index < -0.39 is 0 Å². The molecule has 3 rings (SSSR count). The predicted molar refractivity (Wildman–Crippen MR) is 87.4 cm³/mol. The van der Waals surface area contributed by atoms with Gasteiger partial charge in [0.25, 0.3) is 0 Å². The molecule has 21 heavy (non-hydrogen) atoms. The molecule has 3 nitrogen and oxygen atoms in total. The molecule has 1 N–H and O–H groups in total. The van der Waals surface area contributed by atoms with Crippen LogP contribution in [0.2, 0.25) is 0 Å². The lowest BCUT2D eigenvalue weighted by Crippen LogP contribution is -2.19. The van der Waals surface area contributed by atoms with Gasteiger partial charge >= 0.3 is 0 Å². The average molecular weight is 279 g/mol. The number of rotatable bonds is 4. The van der Waals surface area contributed by atoms with Crippen LogP contribution >= 0.6 is 0 Å². The Hall–Kier alpha value is -2.13. The number of benzene rings is 2. The lowest BCUT2D eigenvalue weighted by molar-refractivity contribution is 0.567. The molecule has 0 spiro atoms. The van der Waals surface area contributed by atoms with Crippen LogP contribution in [0.5, 0.6) is 0 Å². The standard InChI is InChI=1S/C18H21N3/c1-13-8-10-14(11-9-13)12-16(19-2)18-15-6-4-5-7-17(15)21(3)20-18/h4-11,16,19H,12H2,1-3H3. The summed E-state index contributed by atoms with van der Waals surface area (Å²) in [5.74, 6) is 0. The molecular formula is C18H21N3. The topological polar surface area (TPSA) is 29.9 Å². The molecule has 1 aromatic heterocycles. The molecule has 0 bridgehead atoms. The van der Waals surface area contributed by atoms with Crippen molar-refractivity contribution >= 4 is 10.9 Å². The van der Waals surface area contributed by atoms with Crippen molar-refractivity contribution in [2.24, 2.45) is 7.05 Å². The first-order chi connectivity index (χ1) is 10.2. The quantitative estimate of drug-likeness (QED) is 0.793. The summed E-state index contributed by atoms with van der Waals surface area (Å²) in [4.78, 5) is 0. The summed E-state index contributed by atoms with van der Waals surface area (Å²) in [6, 6.07) is 17.3. The van der Waals surface area contributed by atoms with Crippen LogP contribution in [-0.2, 0) is 13.5 Å². The van der Waals surface area contributed by atoms with E-state index in [1.807, 2.05) is 18.8 Å². The van der Waals surface area contributed by atoms with Gasteiger partial charge < -0.3 is 5.32 Å². The highest BCUT2D eigenvalue weighted by atomic mass is 15.3. The average Bonchev–Trinajstić information content (AvgIpc) is 2.84. The van der Waals surface area contributed by atoms with E-state index in [2.05, 4.69) is 60.8 Å². The zero-order valence-corrected chi connectivity index (χ0v) is 12.8. The maximum atomic E-state index is 4.73. The first kappa shape index (κ1) is 13.8. The first-order valence-electron chi connectivity index (χ1n) is 7.33. The second-order valence-corrected chi connectivity index (χ2v) is 5.56. The monoisotopic (exact) mass is 279 g/mol. The number of hydrogen-bond donors (Lipinski definition) is 1. The van der Waals surface area contributed by atoms with E-state index in [4.69, 9.17) is 5.10 Å². The van der Waals surface area contributed by atoms with Crippen LogP contribution in [0.1, 0.15) is 22.9 Å². The normalized spacial score (nSPS) is 12.7. The maximum Gasteiger partial charge on any atom is 0.0875 e. The summed E-state index contributed by atoms with van der Waals surface area (Å²) < 4.78 is 1.96. The minimum Gasteiger partial charge on any atom is -0.311 e. The largest absolute Gasteiger partial charge is 0.311 e. The minimum absolute atomic E-state index is 0.221. The molecule has 1 unspecified atom stereocenters. The Balaban J connectivity index is 1.96. The summed E-state index contributed by atoms with van der Waals surface area (Å²) in [7, 11) is 4.01. The number of nitrogens with one attached hydrogen (secondary N) is 1. The van der Waals surface area contributed by atoms with Gasteiger partial charge in [-0.2, -0.15) is 5.10 Å². The third-order valence-corrected chi connectivity index (χ3v) is 4.03. The van der Waals surface area contributed by atoms with Crippen molar-refractivity contribution in [3.8, 4) is 0 Å². The van der Waals surface area contributed by atoms with Crippen molar-refractivity contribution in [2.75, 3.05) is 7.05 Å². The van der Waals surface area contributed by atoms with Gasteiger partial charge in [-0.1, -0.05) is 48.0 Å². The molecule has 0 amide bonds. The number of likely N-dealkylation sites (N-methyl/N-ethyl adjacent to an activating group) is 1. The number of nitrogens with zero attached hydrogens (tertiary/aromatic N) is 2. The molecule has 1 atom stereocenters. The van der Waals surface area contributed by atoms with Crippen LogP contribution in [0.4, 0.5) is 0 Å². The fraction of sp³-hybridized carbons (Fsp3) is 0.278. The second kappa shape index (κ2) is 5.70. The van der Waals surface area contributed by atoms with E-state index in [1.165, 1.54) is 22.0 Å². The van der Waals surface area contributed by atoms with Gasteiger partial charge in [0.1, 0.15) is 0 Å². The SMILES string of the molecule is CNC(Cc1ccc(C)cc1)c1nn(C)c2ccccc12. The molecule has 3 aromatic rings. The second-order valence-electron chi connectivity index (χ2n) is 5.56. The molecule has 0 saturated carbocycles. The van der Waals surface area contributed by atoms with E-state index in [0.717, 1.165) is 12.1 Å². The highest BCUT2D eigenvalue weighted by Crippen LogP contribution is 2.25. The van der Waals surface area contributed by atoms with Crippen molar-refractivity contribution in [1.82, 2.24) is 15.1 Å². The smallest absolute Gasteiger partial charge is 0.0875 e. The molecular weight excluding hydrogens is 258 g/mol. The van der Waals surface area contributed by atoms with Crippen LogP contribution in [0.15, 0.2) is 48.5 Å². The Morgan fingerprint density at radius 3 is 2.52 bits per heavy atom. The molecule has 0 fully saturated rings. The Kier molecular flexibility index (Phi) is 3.76. The van der Waals surface area contributed by atoms with E-state index in [9.17, 15) is 0 Å². The molecule has 0 saturated heterocycles. The summed E-state index contributed by atoms with van der Waals surface area (Å²) in [6.07, 6.45) is 0.942. The first-order valence-corrected chi connectivity index (χ1v) is 7.33. The summed E-state index contributed by atoms with van der Waals surface area (Å²) in [6.45, 7) is 2.12. The maximum absolute atomic E-state index is 4.73.